The maximum atomic E-state index is 11.9. The summed E-state index contributed by atoms with van der Waals surface area (Å²) in [5.74, 6) is 0.411. The number of benzene rings is 2. The molecule has 0 aliphatic carbocycles. The zero-order valence-electron chi connectivity index (χ0n) is 12.0. The van der Waals surface area contributed by atoms with Gasteiger partial charge in [-0.3, -0.25) is 4.79 Å². The van der Waals surface area contributed by atoms with Gasteiger partial charge in [0.1, 0.15) is 0 Å². The zero-order chi connectivity index (χ0) is 15.1. The summed E-state index contributed by atoms with van der Waals surface area (Å²) in [4.78, 5) is 11.9. The fourth-order valence-corrected chi connectivity index (χ4v) is 2.07. The van der Waals surface area contributed by atoms with Gasteiger partial charge in [0.2, 0.25) is 5.91 Å². The molecule has 0 fully saturated rings. The second-order valence-electron chi connectivity index (χ2n) is 4.77. The highest BCUT2D eigenvalue weighted by Gasteiger charge is 2.07. The van der Waals surface area contributed by atoms with Crippen molar-refractivity contribution in [3.05, 3.63) is 59.7 Å². The minimum Gasteiger partial charge on any atom is -0.504 e. The number of carbonyl (C=O) groups is 1. The van der Waals surface area contributed by atoms with Gasteiger partial charge in [-0.1, -0.05) is 36.4 Å². The number of phenolic OH excluding ortho intramolecular Hbond substituents is 1. The van der Waals surface area contributed by atoms with Crippen LogP contribution in [0.4, 0.5) is 0 Å². The Labute approximate surface area is 124 Å². The lowest BCUT2D eigenvalue weighted by Gasteiger charge is -2.08. The number of hydrogen-bond acceptors (Lipinski definition) is 3. The Hall–Kier alpha value is -2.49. The van der Waals surface area contributed by atoms with Crippen molar-refractivity contribution in [1.82, 2.24) is 5.32 Å². The first-order valence-electron chi connectivity index (χ1n) is 6.85. The fraction of sp³-hybridized carbons (Fsp3) is 0.235. The summed E-state index contributed by atoms with van der Waals surface area (Å²) in [6, 6.07) is 14.9. The molecule has 2 aromatic carbocycles. The second kappa shape index (κ2) is 7.33. The molecule has 2 aromatic rings. The van der Waals surface area contributed by atoms with Crippen LogP contribution in [0.25, 0.3) is 0 Å². The normalized spacial score (nSPS) is 10.1. The van der Waals surface area contributed by atoms with Crippen molar-refractivity contribution in [3.8, 4) is 11.5 Å². The largest absolute Gasteiger partial charge is 0.504 e. The molecule has 0 unspecified atom stereocenters. The van der Waals surface area contributed by atoms with Crippen LogP contribution < -0.4 is 10.1 Å². The summed E-state index contributed by atoms with van der Waals surface area (Å²) in [5.41, 5.74) is 2.01. The van der Waals surface area contributed by atoms with E-state index in [1.807, 2.05) is 30.3 Å². The Kier molecular flexibility index (Phi) is 5.21. The van der Waals surface area contributed by atoms with Crippen molar-refractivity contribution in [1.29, 1.82) is 0 Å². The van der Waals surface area contributed by atoms with E-state index in [4.69, 9.17) is 4.74 Å². The van der Waals surface area contributed by atoms with Crippen molar-refractivity contribution in [2.45, 2.75) is 12.8 Å². The van der Waals surface area contributed by atoms with E-state index in [0.717, 1.165) is 12.0 Å². The first kappa shape index (κ1) is 14.9. The molecule has 0 radical (unpaired) electrons. The number of amides is 1. The van der Waals surface area contributed by atoms with Gasteiger partial charge in [0, 0.05) is 6.54 Å². The molecule has 4 heteroatoms. The smallest absolute Gasteiger partial charge is 0.224 e. The number of phenols is 1. The van der Waals surface area contributed by atoms with Gasteiger partial charge >= 0.3 is 0 Å². The van der Waals surface area contributed by atoms with E-state index in [1.54, 1.807) is 12.1 Å². The number of nitrogens with one attached hydrogen (secondary N) is 1. The van der Waals surface area contributed by atoms with Crippen LogP contribution in [0.1, 0.15) is 11.1 Å². The van der Waals surface area contributed by atoms with E-state index in [2.05, 4.69) is 5.32 Å². The third-order valence-electron chi connectivity index (χ3n) is 3.19. The average Bonchev–Trinajstić information content (AvgIpc) is 2.50. The van der Waals surface area contributed by atoms with Crippen molar-refractivity contribution < 1.29 is 14.6 Å². The van der Waals surface area contributed by atoms with Crippen LogP contribution in [-0.4, -0.2) is 24.7 Å². The van der Waals surface area contributed by atoms with Gasteiger partial charge < -0.3 is 15.2 Å². The predicted molar refractivity (Wildman–Crippen MR) is 81.5 cm³/mol. The molecule has 0 heterocycles. The van der Waals surface area contributed by atoms with E-state index in [1.165, 1.54) is 18.7 Å². The van der Waals surface area contributed by atoms with Crippen molar-refractivity contribution in [2.24, 2.45) is 0 Å². The van der Waals surface area contributed by atoms with Crippen LogP contribution in [0.15, 0.2) is 48.5 Å². The lowest BCUT2D eigenvalue weighted by atomic mass is 10.1. The lowest BCUT2D eigenvalue weighted by Crippen LogP contribution is -2.27. The van der Waals surface area contributed by atoms with Gasteiger partial charge in [-0.05, 0) is 29.7 Å². The fourth-order valence-electron chi connectivity index (χ4n) is 2.07. The Bertz CT molecular complexity index is 596. The first-order valence-corrected chi connectivity index (χ1v) is 6.85. The van der Waals surface area contributed by atoms with Crippen LogP contribution >= 0.6 is 0 Å². The lowest BCUT2D eigenvalue weighted by molar-refractivity contribution is -0.120. The van der Waals surface area contributed by atoms with E-state index >= 15 is 0 Å². The highest BCUT2D eigenvalue weighted by molar-refractivity contribution is 5.78. The highest BCUT2D eigenvalue weighted by atomic mass is 16.5. The Balaban J connectivity index is 1.82. The molecule has 0 bridgehead atoms. The molecule has 21 heavy (non-hydrogen) atoms. The molecule has 0 spiro atoms. The standard InChI is InChI=1S/C17H19NO3/c1-21-16-11-14(7-8-15(16)19)12-17(20)18-10-9-13-5-3-2-4-6-13/h2-8,11,19H,9-10,12H2,1H3,(H,18,20). The summed E-state index contributed by atoms with van der Waals surface area (Å²) < 4.78 is 5.02. The maximum absolute atomic E-state index is 11.9. The van der Waals surface area contributed by atoms with Crippen LogP contribution in [0.2, 0.25) is 0 Å². The molecule has 4 nitrogen and oxygen atoms in total. The molecule has 2 N–H and O–H groups in total. The molecule has 0 saturated heterocycles. The van der Waals surface area contributed by atoms with Crippen molar-refractivity contribution in [3.63, 3.8) is 0 Å². The molecule has 0 atom stereocenters. The number of carbonyl (C=O) groups excluding carboxylic acids is 1. The van der Waals surface area contributed by atoms with Crippen LogP contribution in [0, 0.1) is 0 Å². The van der Waals surface area contributed by atoms with Crippen LogP contribution in [0.3, 0.4) is 0 Å². The van der Waals surface area contributed by atoms with Crippen LogP contribution in [0.5, 0.6) is 11.5 Å². The average molecular weight is 285 g/mol. The number of methoxy groups -OCH3 is 1. The molecule has 2 rings (SSSR count). The molecule has 0 aliphatic heterocycles. The number of rotatable bonds is 6. The maximum Gasteiger partial charge on any atom is 0.224 e. The van der Waals surface area contributed by atoms with Gasteiger partial charge in [-0.25, -0.2) is 0 Å². The van der Waals surface area contributed by atoms with E-state index in [0.29, 0.717) is 12.3 Å². The van der Waals surface area contributed by atoms with Crippen molar-refractivity contribution in [2.75, 3.05) is 13.7 Å². The molecular weight excluding hydrogens is 266 g/mol. The molecule has 0 aliphatic rings. The summed E-state index contributed by atoms with van der Waals surface area (Å²) in [5, 5.41) is 12.4. The van der Waals surface area contributed by atoms with Crippen molar-refractivity contribution >= 4 is 5.91 Å². The third-order valence-corrected chi connectivity index (χ3v) is 3.19. The second-order valence-corrected chi connectivity index (χ2v) is 4.77. The van der Waals surface area contributed by atoms with E-state index in [-0.39, 0.29) is 18.1 Å². The summed E-state index contributed by atoms with van der Waals surface area (Å²) in [7, 11) is 1.48. The Morgan fingerprint density at radius 3 is 2.62 bits per heavy atom. The zero-order valence-corrected chi connectivity index (χ0v) is 12.0. The number of ether oxygens (including phenoxy) is 1. The minimum atomic E-state index is -0.0429. The van der Waals surface area contributed by atoms with Gasteiger partial charge in [0.25, 0.3) is 0 Å². The molecule has 110 valence electrons. The summed E-state index contributed by atoms with van der Waals surface area (Å²) in [6.45, 7) is 0.609. The Morgan fingerprint density at radius 2 is 1.90 bits per heavy atom. The summed E-state index contributed by atoms with van der Waals surface area (Å²) in [6.07, 6.45) is 1.08. The molecule has 0 saturated carbocycles. The summed E-state index contributed by atoms with van der Waals surface area (Å²) >= 11 is 0. The molecule has 1 amide bonds. The Morgan fingerprint density at radius 1 is 1.14 bits per heavy atom. The minimum absolute atomic E-state index is 0.0429. The SMILES string of the molecule is COc1cc(CC(=O)NCCc2ccccc2)ccc1O. The van der Waals surface area contributed by atoms with Gasteiger partial charge in [-0.2, -0.15) is 0 Å². The third kappa shape index (κ3) is 4.53. The van der Waals surface area contributed by atoms with Gasteiger partial charge in [-0.15, -0.1) is 0 Å². The predicted octanol–water partition coefficient (Wildman–Crippen LogP) is 2.30. The monoisotopic (exact) mass is 285 g/mol. The quantitative estimate of drug-likeness (QED) is 0.856. The van der Waals surface area contributed by atoms with Gasteiger partial charge in [0.05, 0.1) is 13.5 Å². The first-order chi connectivity index (χ1) is 10.2. The van der Waals surface area contributed by atoms with E-state index in [9.17, 15) is 9.90 Å². The molecule has 0 aromatic heterocycles. The highest BCUT2D eigenvalue weighted by Crippen LogP contribution is 2.26. The van der Waals surface area contributed by atoms with Crippen LogP contribution in [-0.2, 0) is 17.6 Å². The van der Waals surface area contributed by atoms with E-state index < -0.39 is 0 Å². The molecular formula is C17H19NO3. The number of hydrogen-bond donors (Lipinski definition) is 2. The topological polar surface area (TPSA) is 58.6 Å². The van der Waals surface area contributed by atoms with Gasteiger partial charge in [0.15, 0.2) is 11.5 Å². The number of aromatic hydroxyl groups is 1.